The van der Waals surface area contributed by atoms with Gasteiger partial charge in [-0.1, -0.05) is 27.7 Å². The van der Waals surface area contributed by atoms with E-state index in [9.17, 15) is 10.1 Å². The Kier molecular flexibility index (Phi) is 8.80. The molecule has 1 fully saturated rings. The lowest BCUT2D eigenvalue weighted by atomic mass is 10.1. The van der Waals surface area contributed by atoms with E-state index in [1.54, 1.807) is 11.1 Å². The van der Waals surface area contributed by atoms with Gasteiger partial charge in [-0.05, 0) is 11.8 Å². The monoisotopic (exact) mass is 335 g/mol. The zero-order valence-corrected chi connectivity index (χ0v) is 15.7. The van der Waals surface area contributed by atoms with Gasteiger partial charge in [0.25, 0.3) is 5.91 Å². The zero-order valence-electron chi connectivity index (χ0n) is 15.7. The van der Waals surface area contributed by atoms with E-state index >= 15 is 0 Å². The van der Waals surface area contributed by atoms with Crippen molar-refractivity contribution in [2.75, 3.05) is 52.4 Å². The van der Waals surface area contributed by atoms with E-state index in [-0.39, 0.29) is 11.5 Å². The lowest BCUT2D eigenvalue weighted by molar-refractivity contribution is -0.128. The molecule has 0 atom stereocenters. The van der Waals surface area contributed by atoms with Gasteiger partial charge in [-0.25, -0.2) is 0 Å². The molecule has 0 aromatic heterocycles. The lowest BCUT2D eigenvalue weighted by Gasteiger charge is -2.34. The van der Waals surface area contributed by atoms with Crippen LogP contribution in [-0.2, 0) is 4.79 Å². The molecule has 6 nitrogen and oxygen atoms in total. The minimum absolute atomic E-state index is 0.151. The van der Waals surface area contributed by atoms with Gasteiger partial charge in [-0.2, -0.15) is 5.26 Å². The van der Waals surface area contributed by atoms with Crippen molar-refractivity contribution in [3.05, 3.63) is 11.8 Å². The molecule has 0 spiro atoms. The summed E-state index contributed by atoms with van der Waals surface area (Å²) in [6, 6.07) is 2.11. The first-order valence-corrected chi connectivity index (χ1v) is 8.95. The number of rotatable bonds is 8. The minimum Gasteiger partial charge on any atom is -0.376 e. The number of hydrogen-bond donors (Lipinski definition) is 1. The van der Waals surface area contributed by atoms with Gasteiger partial charge in [-0.3, -0.25) is 9.69 Å². The number of carbonyl (C=O) groups excluding carboxylic acids is 1. The summed E-state index contributed by atoms with van der Waals surface area (Å²) >= 11 is 0. The first-order valence-electron chi connectivity index (χ1n) is 8.95. The number of hydrogen-bond acceptors (Lipinski definition) is 5. The van der Waals surface area contributed by atoms with Crippen LogP contribution in [0.3, 0.4) is 0 Å². The number of piperazine rings is 1. The summed E-state index contributed by atoms with van der Waals surface area (Å²) in [5, 5.41) is 9.46. The molecule has 1 aliphatic heterocycles. The SMILES string of the molecule is CC(C)CN(/C=C(/C#N)C(=O)N1CCN(CCN)CC1)CC(C)C. The lowest BCUT2D eigenvalue weighted by Crippen LogP contribution is -2.50. The van der Waals surface area contributed by atoms with Crippen molar-refractivity contribution >= 4 is 5.91 Å². The van der Waals surface area contributed by atoms with Crippen LogP contribution in [0.2, 0.25) is 0 Å². The Morgan fingerprint density at radius 2 is 1.71 bits per heavy atom. The van der Waals surface area contributed by atoms with E-state index in [4.69, 9.17) is 5.73 Å². The molecular weight excluding hydrogens is 302 g/mol. The Morgan fingerprint density at radius 1 is 1.17 bits per heavy atom. The Bertz CT molecular complexity index is 449. The second-order valence-corrected chi connectivity index (χ2v) is 7.32. The molecule has 0 aromatic rings. The van der Waals surface area contributed by atoms with Crippen LogP contribution < -0.4 is 5.73 Å². The van der Waals surface area contributed by atoms with E-state index in [2.05, 4.69) is 43.6 Å². The van der Waals surface area contributed by atoms with Crippen molar-refractivity contribution in [1.82, 2.24) is 14.7 Å². The fraction of sp³-hybridized carbons (Fsp3) is 0.778. The van der Waals surface area contributed by atoms with Gasteiger partial charge in [0, 0.05) is 58.6 Å². The van der Waals surface area contributed by atoms with E-state index in [0.717, 1.165) is 32.7 Å². The topological polar surface area (TPSA) is 76.6 Å². The first kappa shape index (κ1) is 20.5. The van der Waals surface area contributed by atoms with Crippen molar-refractivity contribution in [1.29, 1.82) is 5.26 Å². The molecule has 1 saturated heterocycles. The average molecular weight is 335 g/mol. The molecule has 0 unspecified atom stereocenters. The third kappa shape index (κ3) is 6.90. The third-order valence-corrected chi connectivity index (χ3v) is 3.97. The van der Waals surface area contributed by atoms with Crippen LogP contribution in [0.1, 0.15) is 27.7 Å². The molecule has 1 aliphatic rings. The molecule has 0 aliphatic carbocycles. The highest BCUT2D eigenvalue weighted by Crippen LogP contribution is 2.11. The maximum absolute atomic E-state index is 12.7. The third-order valence-electron chi connectivity index (χ3n) is 3.97. The molecule has 24 heavy (non-hydrogen) atoms. The van der Waals surface area contributed by atoms with Crippen molar-refractivity contribution in [3.8, 4) is 6.07 Å². The quantitative estimate of drug-likeness (QED) is 0.531. The normalized spacial score (nSPS) is 16.6. The summed E-state index contributed by atoms with van der Waals surface area (Å²) in [7, 11) is 0. The van der Waals surface area contributed by atoms with E-state index in [1.807, 2.05) is 0 Å². The molecule has 6 heteroatoms. The number of nitriles is 1. The van der Waals surface area contributed by atoms with Crippen molar-refractivity contribution in [3.63, 3.8) is 0 Å². The number of nitrogens with two attached hydrogens (primary N) is 1. The van der Waals surface area contributed by atoms with E-state index in [0.29, 0.717) is 31.5 Å². The Labute approximate surface area is 146 Å². The highest BCUT2D eigenvalue weighted by atomic mass is 16.2. The van der Waals surface area contributed by atoms with Crippen LogP contribution >= 0.6 is 0 Å². The average Bonchev–Trinajstić information content (AvgIpc) is 2.51. The van der Waals surface area contributed by atoms with Crippen LogP contribution in [0.25, 0.3) is 0 Å². The number of carbonyl (C=O) groups is 1. The molecule has 1 heterocycles. The zero-order chi connectivity index (χ0) is 18.1. The van der Waals surface area contributed by atoms with Gasteiger partial charge in [0.1, 0.15) is 11.6 Å². The second kappa shape index (κ2) is 10.3. The number of nitrogens with zero attached hydrogens (tertiary/aromatic N) is 4. The summed E-state index contributed by atoms with van der Waals surface area (Å²) in [5.74, 6) is 0.812. The Morgan fingerprint density at radius 3 is 2.12 bits per heavy atom. The molecule has 0 radical (unpaired) electrons. The van der Waals surface area contributed by atoms with Gasteiger partial charge >= 0.3 is 0 Å². The van der Waals surface area contributed by atoms with Crippen LogP contribution in [0, 0.1) is 23.2 Å². The standard InChI is InChI=1S/C18H33N5O/c1-15(2)12-22(13-16(3)4)14-17(11-20)18(24)23-9-7-21(6-5-19)8-10-23/h14-16H,5-10,12-13,19H2,1-4H3/b17-14-. The maximum Gasteiger partial charge on any atom is 0.266 e. The van der Waals surface area contributed by atoms with Gasteiger partial charge < -0.3 is 15.5 Å². The molecule has 1 amide bonds. The molecule has 0 saturated carbocycles. The Balaban J connectivity index is 2.75. The van der Waals surface area contributed by atoms with E-state index < -0.39 is 0 Å². The summed E-state index contributed by atoms with van der Waals surface area (Å²) in [6.45, 7) is 14.7. The van der Waals surface area contributed by atoms with Crippen molar-refractivity contribution in [2.24, 2.45) is 17.6 Å². The molecular formula is C18H33N5O. The van der Waals surface area contributed by atoms with Crippen molar-refractivity contribution in [2.45, 2.75) is 27.7 Å². The largest absolute Gasteiger partial charge is 0.376 e. The molecule has 136 valence electrons. The number of amides is 1. The van der Waals surface area contributed by atoms with Gasteiger partial charge in [0.15, 0.2) is 0 Å². The summed E-state index contributed by atoms with van der Waals surface area (Å²) in [6.07, 6.45) is 1.76. The van der Waals surface area contributed by atoms with Crippen LogP contribution in [0.5, 0.6) is 0 Å². The van der Waals surface area contributed by atoms with E-state index in [1.165, 1.54) is 0 Å². The van der Waals surface area contributed by atoms with Crippen LogP contribution in [-0.4, -0.2) is 73.0 Å². The summed E-state index contributed by atoms with van der Waals surface area (Å²) in [5.41, 5.74) is 5.82. The second-order valence-electron chi connectivity index (χ2n) is 7.32. The fourth-order valence-corrected chi connectivity index (χ4v) is 2.96. The molecule has 2 N–H and O–H groups in total. The summed E-state index contributed by atoms with van der Waals surface area (Å²) < 4.78 is 0. The van der Waals surface area contributed by atoms with Gasteiger partial charge in [-0.15, -0.1) is 0 Å². The minimum atomic E-state index is -0.151. The highest BCUT2D eigenvalue weighted by molar-refractivity contribution is 5.97. The van der Waals surface area contributed by atoms with Crippen LogP contribution in [0.4, 0.5) is 0 Å². The summed E-state index contributed by atoms with van der Waals surface area (Å²) in [4.78, 5) is 18.8. The first-order chi connectivity index (χ1) is 11.4. The van der Waals surface area contributed by atoms with Crippen LogP contribution in [0.15, 0.2) is 11.8 Å². The van der Waals surface area contributed by atoms with Gasteiger partial charge in [0.2, 0.25) is 0 Å². The predicted molar refractivity (Wildman–Crippen MR) is 97.0 cm³/mol. The Hall–Kier alpha value is -1.58. The predicted octanol–water partition coefficient (Wildman–Crippen LogP) is 1.11. The van der Waals surface area contributed by atoms with Gasteiger partial charge in [0.05, 0.1) is 0 Å². The smallest absolute Gasteiger partial charge is 0.266 e. The highest BCUT2D eigenvalue weighted by Gasteiger charge is 2.24. The molecule has 0 bridgehead atoms. The molecule has 0 aromatic carbocycles. The van der Waals surface area contributed by atoms with Crippen molar-refractivity contribution < 1.29 is 4.79 Å². The molecule has 1 rings (SSSR count). The maximum atomic E-state index is 12.7. The fourth-order valence-electron chi connectivity index (χ4n) is 2.96.